The van der Waals surface area contributed by atoms with Crippen molar-refractivity contribution in [2.24, 2.45) is 5.92 Å². The molecular formula is C23H35NO6. The van der Waals surface area contributed by atoms with Crippen LogP contribution >= 0.6 is 0 Å². The molecule has 0 saturated carbocycles. The van der Waals surface area contributed by atoms with Crippen molar-refractivity contribution < 1.29 is 29.0 Å². The molecule has 1 amide bonds. The van der Waals surface area contributed by atoms with Gasteiger partial charge in [-0.05, 0) is 38.7 Å². The molecule has 0 aromatic heterocycles. The maximum atomic E-state index is 12.9. The Hall–Kier alpha value is -2.57. The minimum Gasteiger partial charge on any atom is -0.481 e. The molecule has 2 N–H and O–H groups in total. The highest BCUT2D eigenvalue weighted by Crippen LogP contribution is 2.20. The number of hydrogen-bond acceptors (Lipinski definition) is 5. The molecule has 0 bridgehead atoms. The summed E-state index contributed by atoms with van der Waals surface area (Å²) in [5.41, 5.74) is 0.121. The van der Waals surface area contributed by atoms with Crippen molar-refractivity contribution in [1.29, 1.82) is 0 Å². The molecule has 1 rings (SSSR count). The molecule has 30 heavy (non-hydrogen) atoms. The Bertz CT molecular complexity index is 683. The fourth-order valence-corrected chi connectivity index (χ4v) is 2.97. The highest BCUT2D eigenvalue weighted by atomic mass is 16.6. The van der Waals surface area contributed by atoms with E-state index in [1.807, 2.05) is 44.2 Å². The first-order chi connectivity index (χ1) is 14.0. The van der Waals surface area contributed by atoms with E-state index in [4.69, 9.17) is 9.47 Å². The summed E-state index contributed by atoms with van der Waals surface area (Å²) >= 11 is 0. The SMILES string of the molecule is CCCC[C@H](C)[C@H](CC(=O)O)OC(=O)[C@@H](Cc1ccccc1)NC(=O)OC(C)(C)C. The van der Waals surface area contributed by atoms with Crippen LogP contribution in [0.1, 0.15) is 65.9 Å². The quantitative estimate of drug-likeness (QED) is 0.516. The van der Waals surface area contributed by atoms with Crippen LogP contribution in [0, 0.1) is 5.92 Å². The Morgan fingerprint density at radius 2 is 1.77 bits per heavy atom. The van der Waals surface area contributed by atoms with E-state index in [1.54, 1.807) is 20.8 Å². The maximum Gasteiger partial charge on any atom is 0.408 e. The largest absolute Gasteiger partial charge is 0.481 e. The van der Waals surface area contributed by atoms with E-state index in [0.717, 1.165) is 24.8 Å². The lowest BCUT2D eigenvalue weighted by Gasteiger charge is -2.27. The van der Waals surface area contributed by atoms with E-state index < -0.39 is 35.8 Å². The minimum atomic E-state index is -1.03. The number of carbonyl (C=O) groups excluding carboxylic acids is 2. The van der Waals surface area contributed by atoms with E-state index in [-0.39, 0.29) is 18.8 Å². The lowest BCUT2D eigenvalue weighted by atomic mass is 9.95. The van der Waals surface area contributed by atoms with Gasteiger partial charge in [0.2, 0.25) is 0 Å². The number of rotatable bonds is 11. The zero-order valence-corrected chi connectivity index (χ0v) is 18.6. The molecule has 0 fully saturated rings. The lowest BCUT2D eigenvalue weighted by molar-refractivity contribution is -0.158. The highest BCUT2D eigenvalue weighted by Gasteiger charge is 2.30. The van der Waals surface area contributed by atoms with Crippen LogP contribution in [-0.2, 0) is 25.5 Å². The number of amides is 1. The molecule has 7 nitrogen and oxygen atoms in total. The molecule has 0 heterocycles. The highest BCUT2D eigenvalue weighted by molar-refractivity contribution is 5.82. The van der Waals surface area contributed by atoms with Crippen molar-refractivity contribution in [2.45, 2.75) is 84.5 Å². The van der Waals surface area contributed by atoms with E-state index in [9.17, 15) is 19.5 Å². The summed E-state index contributed by atoms with van der Waals surface area (Å²) in [5, 5.41) is 11.8. The van der Waals surface area contributed by atoms with E-state index in [0.29, 0.717) is 0 Å². The van der Waals surface area contributed by atoms with Crippen LogP contribution in [0.15, 0.2) is 30.3 Å². The summed E-state index contributed by atoms with van der Waals surface area (Å²) in [6.45, 7) is 9.12. The zero-order valence-electron chi connectivity index (χ0n) is 18.6. The Balaban J connectivity index is 2.96. The van der Waals surface area contributed by atoms with Gasteiger partial charge in [-0.3, -0.25) is 4.79 Å². The third-order valence-electron chi connectivity index (χ3n) is 4.55. The first kappa shape index (κ1) is 25.5. The summed E-state index contributed by atoms with van der Waals surface area (Å²) in [6.07, 6.45) is 1.08. The van der Waals surface area contributed by atoms with Gasteiger partial charge < -0.3 is 19.9 Å². The molecule has 1 aromatic rings. The van der Waals surface area contributed by atoms with Crippen LogP contribution in [0.3, 0.4) is 0 Å². The number of benzene rings is 1. The molecule has 168 valence electrons. The van der Waals surface area contributed by atoms with Gasteiger partial charge in [-0.2, -0.15) is 0 Å². The Labute approximate surface area is 179 Å². The van der Waals surface area contributed by atoms with Crippen LogP contribution in [0.25, 0.3) is 0 Å². The Morgan fingerprint density at radius 1 is 1.13 bits per heavy atom. The number of aliphatic carboxylic acids is 1. The maximum absolute atomic E-state index is 12.9. The van der Waals surface area contributed by atoms with Gasteiger partial charge in [-0.1, -0.05) is 57.0 Å². The predicted molar refractivity (Wildman–Crippen MR) is 114 cm³/mol. The van der Waals surface area contributed by atoms with Crippen LogP contribution in [0.2, 0.25) is 0 Å². The van der Waals surface area contributed by atoms with Gasteiger partial charge in [0.1, 0.15) is 17.7 Å². The number of unbranched alkanes of at least 4 members (excludes halogenated alkanes) is 1. The second-order valence-electron chi connectivity index (χ2n) is 8.58. The van der Waals surface area contributed by atoms with Crippen LogP contribution in [0.4, 0.5) is 4.79 Å². The van der Waals surface area contributed by atoms with Crippen molar-refractivity contribution >= 4 is 18.0 Å². The lowest BCUT2D eigenvalue weighted by Crippen LogP contribution is -2.47. The van der Waals surface area contributed by atoms with Gasteiger partial charge in [-0.25, -0.2) is 9.59 Å². The summed E-state index contributed by atoms with van der Waals surface area (Å²) < 4.78 is 10.9. The smallest absolute Gasteiger partial charge is 0.408 e. The standard InChI is InChI=1S/C23H35NO6/c1-6-7-11-16(2)19(15-20(25)26)29-21(27)18(14-17-12-9-8-10-13-17)24-22(28)30-23(3,4)5/h8-10,12-13,16,18-19H,6-7,11,14-15H2,1-5H3,(H,24,28)(H,25,26)/t16-,18+,19-/m0/s1. The van der Waals surface area contributed by atoms with Crippen molar-refractivity contribution in [3.63, 3.8) is 0 Å². The van der Waals surface area contributed by atoms with Gasteiger partial charge in [0, 0.05) is 6.42 Å². The minimum absolute atomic E-state index is 0.107. The van der Waals surface area contributed by atoms with Crippen molar-refractivity contribution in [3.8, 4) is 0 Å². The number of ether oxygens (including phenoxy) is 2. The van der Waals surface area contributed by atoms with Crippen molar-refractivity contribution in [1.82, 2.24) is 5.32 Å². The average Bonchev–Trinajstić information content (AvgIpc) is 2.64. The Morgan fingerprint density at radius 3 is 2.30 bits per heavy atom. The first-order valence-corrected chi connectivity index (χ1v) is 10.5. The van der Waals surface area contributed by atoms with E-state index >= 15 is 0 Å². The van der Waals surface area contributed by atoms with Gasteiger partial charge in [-0.15, -0.1) is 0 Å². The average molecular weight is 422 g/mol. The zero-order chi connectivity index (χ0) is 22.7. The molecule has 0 spiro atoms. The van der Waals surface area contributed by atoms with Crippen molar-refractivity contribution in [3.05, 3.63) is 35.9 Å². The number of carboxylic acid groups (broad SMARTS) is 1. The van der Waals surface area contributed by atoms with Gasteiger partial charge in [0.05, 0.1) is 6.42 Å². The number of alkyl carbamates (subject to hydrolysis) is 1. The molecule has 7 heteroatoms. The summed E-state index contributed by atoms with van der Waals surface area (Å²) in [5.74, 6) is -1.81. The topological polar surface area (TPSA) is 102 Å². The molecule has 0 aliphatic rings. The monoisotopic (exact) mass is 421 g/mol. The van der Waals surface area contributed by atoms with Crippen LogP contribution < -0.4 is 5.32 Å². The molecule has 3 atom stereocenters. The predicted octanol–water partition coefficient (Wildman–Crippen LogP) is 4.34. The second kappa shape index (κ2) is 12.2. The molecule has 0 radical (unpaired) electrons. The second-order valence-corrected chi connectivity index (χ2v) is 8.58. The summed E-state index contributed by atoms with van der Waals surface area (Å²) in [4.78, 5) is 36.5. The number of carbonyl (C=O) groups is 3. The normalized spacial score (nSPS) is 14.3. The molecule has 0 aliphatic carbocycles. The summed E-state index contributed by atoms with van der Waals surface area (Å²) in [6, 6.07) is 8.23. The first-order valence-electron chi connectivity index (χ1n) is 10.5. The molecule has 1 aromatic carbocycles. The van der Waals surface area contributed by atoms with Crippen molar-refractivity contribution in [2.75, 3.05) is 0 Å². The van der Waals surface area contributed by atoms with E-state index in [2.05, 4.69) is 5.32 Å². The fraction of sp³-hybridized carbons (Fsp3) is 0.609. The number of nitrogens with one attached hydrogen (secondary N) is 1. The van der Waals surface area contributed by atoms with E-state index in [1.165, 1.54) is 0 Å². The van der Waals surface area contributed by atoms with Crippen LogP contribution in [0.5, 0.6) is 0 Å². The van der Waals surface area contributed by atoms with Gasteiger partial charge in [0.25, 0.3) is 0 Å². The molecular weight excluding hydrogens is 386 g/mol. The van der Waals surface area contributed by atoms with Gasteiger partial charge >= 0.3 is 18.0 Å². The van der Waals surface area contributed by atoms with Gasteiger partial charge in [0.15, 0.2) is 0 Å². The molecule has 0 aliphatic heterocycles. The van der Waals surface area contributed by atoms with Crippen LogP contribution in [-0.4, -0.2) is 40.9 Å². The molecule has 0 saturated heterocycles. The number of hydrogen-bond donors (Lipinski definition) is 2. The third kappa shape index (κ3) is 10.3. The fourth-order valence-electron chi connectivity index (χ4n) is 2.97. The Kier molecular flexibility index (Phi) is 10.4. The number of carboxylic acids is 1. The summed E-state index contributed by atoms with van der Waals surface area (Å²) in [7, 11) is 0. The third-order valence-corrected chi connectivity index (χ3v) is 4.55. The number of esters is 1. The molecule has 0 unspecified atom stereocenters.